The van der Waals surface area contributed by atoms with Crippen LogP contribution in [0.25, 0.3) is 0 Å². The fourth-order valence-electron chi connectivity index (χ4n) is 1.63. The maximum Gasteiger partial charge on any atom is 0.235 e. The van der Waals surface area contributed by atoms with Gasteiger partial charge in [0.2, 0.25) is 11.8 Å². The van der Waals surface area contributed by atoms with Crippen LogP contribution in [0.2, 0.25) is 0 Å². The number of hydrogen-bond donors (Lipinski definition) is 0. The normalized spacial score (nSPS) is 16.7. The first kappa shape index (κ1) is 19.2. The SMILES string of the molecule is CC.CC.CCC(=O)N(C)C(=O)C1C=CCCC1. The van der Waals surface area contributed by atoms with Crippen LogP contribution in [-0.2, 0) is 9.59 Å². The monoisotopic (exact) mass is 255 g/mol. The number of carbonyl (C=O) groups is 2. The van der Waals surface area contributed by atoms with Crippen LogP contribution in [0.1, 0.15) is 60.3 Å². The molecule has 0 fully saturated rings. The van der Waals surface area contributed by atoms with Crippen molar-refractivity contribution in [2.24, 2.45) is 5.92 Å². The summed E-state index contributed by atoms with van der Waals surface area (Å²) in [4.78, 5) is 24.3. The summed E-state index contributed by atoms with van der Waals surface area (Å²) in [6, 6.07) is 0. The van der Waals surface area contributed by atoms with Crippen LogP contribution in [-0.4, -0.2) is 23.8 Å². The second-order valence-electron chi connectivity index (χ2n) is 3.61. The van der Waals surface area contributed by atoms with Crippen LogP contribution in [0.5, 0.6) is 0 Å². The lowest BCUT2D eigenvalue weighted by Gasteiger charge is -2.21. The molecule has 106 valence electrons. The topological polar surface area (TPSA) is 37.4 Å². The molecule has 0 aromatic rings. The molecule has 2 amide bonds. The molecule has 0 radical (unpaired) electrons. The summed E-state index contributed by atoms with van der Waals surface area (Å²) < 4.78 is 0. The highest BCUT2D eigenvalue weighted by Crippen LogP contribution is 2.19. The molecule has 0 spiro atoms. The molecule has 0 saturated heterocycles. The smallest absolute Gasteiger partial charge is 0.235 e. The fraction of sp³-hybridized carbons (Fsp3) is 0.733. The molecule has 1 aliphatic rings. The maximum absolute atomic E-state index is 11.8. The van der Waals surface area contributed by atoms with Gasteiger partial charge in [-0.2, -0.15) is 0 Å². The van der Waals surface area contributed by atoms with E-state index in [0.717, 1.165) is 19.3 Å². The van der Waals surface area contributed by atoms with E-state index in [0.29, 0.717) is 6.42 Å². The Morgan fingerprint density at radius 3 is 2.17 bits per heavy atom. The van der Waals surface area contributed by atoms with Crippen molar-refractivity contribution in [3.63, 3.8) is 0 Å². The highest BCUT2D eigenvalue weighted by molar-refractivity contribution is 5.96. The maximum atomic E-state index is 11.8. The molecule has 0 aliphatic heterocycles. The van der Waals surface area contributed by atoms with Crippen LogP contribution in [0, 0.1) is 5.92 Å². The van der Waals surface area contributed by atoms with Crippen molar-refractivity contribution in [2.75, 3.05) is 7.05 Å². The van der Waals surface area contributed by atoms with Gasteiger partial charge < -0.3 is 0 Å². The Bertz CT molecular complexity index is 259. The van der Waals surface area contributed by atoms with E-state index in [9.17, 15) is 9.59 Å². The lowest BCUT2D eigenvalue weighted by Crippen LogP contribution is -2.37. The first-order valence-corrected chi connectivity index (χ1v) is 7.14. The van der Waals surface area contributed by atoms with Crippen LogP contribution in [0.3, 0.4) is 0 Å². The summed E-state index contributed by atoms with van der Waals surface area (Å²) in [5, 5.41) is 0. The average Bonchev–Trinajstić information content (AvgIpc) is 2.49. The molecule has 18 heavy (non-hydrogen) atoms. The number of imide groups is 1. The number of amides is 2. The third-order valence-electron chi connectivity index (χ3n) is 2.58. The number of rotatable bonds is 2. The van der Waals surface area contributed by atoms with Crippen molar-refractivity contribution < 1.29 is 9.59 Å². The quantitative estimate of drug-likeness (QED) is 0.704. The summed E-state index contributed by atoms with van der Waals surface area (Å²) >= 11 is 0. The standard InChI is InChI=1S/C11H17NO2.2C2H6/c1-3-10(13)12(2)11(14)9-7-5-4-6-8-9;2*1-2/h5,7,9H,3-4,6,8H2,1-2H3;2*1-2H3. The Morgan fingerprint density at radius 1 is 1.22 bits per heavy atom. The van der Waals surface area contributed by atoms with E-state index in [1.54, 1.807) is 14.0 Å². The van der Waals surface area contributed by atoms with Crippen molar-refractivity contribution in [1.29, 1.82) is 0 Å². The van der Waals surface area contributed by atoms with Crippen molar-refractivity contribution in [2.45, 2.75) is 60.3 Å². The molecule has 0 aromatic heterocycles. The molecule has 0 N–H and O–H groups in total. The van der Waals surface area contributed by atoms with E-state index >= 15 is 0 Å². The largest absolute Gasteiger partial charge is 0.285 e. The van der Waals surface area contributed by atoms with E-state index < -0.39 is 0 Å². The van der Waals surface area contributed by atoms with Gasteiger partial charge in [0, 0.05) is 13.5 Å². The molecule has 3 nitrogen and oxygen atoms in total. The van der Waals surface area contributed by atoms with Gasteiger partial charge in [0.15, 0.2) is 0 Å². The third-order valence-corrected chi connectivity index (χ3v) is 2.58. The molecular formula is C15H29NO2. The van der Waals surface area contributed by atoms with E-state index in [2.05, 4.69) is 0 Å². The minimum atomic E-state index is -0.103. The number of carbonyl (C=O) groups excluding carboxylic acids is 2. The van der Waals surface area contributed by atoms with E-state index in [1.807, 2.05) is 39.8 Å². The molecule has 3 heteroatoms. The van der Waals surface area contributed by atoms with E-state index in [-0.39, 0.29) is 17.7 Å². The van der Waals surface area contributed by atoms with Gasteiger partial charge in [-0.3, -0.25) is 14.5 Å². The Morgan fingerprint density at radius 2 is 1.78 bits per heavy atom. The van der Waals surface area contributed by atoms with Gasteiger partial charge in [-0.25, -0.2) is 0 Å². The van der Waals surface area contributed by atoms with E-state index in [1.165, 1.54) is 4.90 Å². The minimum absolute atomic E-state index is 0.0622. The van der Waals surface area contributed by atoms with Crippen molar-refractivity contribution in [1.82, 2.24) is 4.90 Å². The lowest BCUT2D eigenvalue weighted by molar-refractivity contribution is -0.144. The van der Waals surface area contributed by atoms with Gasteiger partial charge in [0.1, 0.15) is 0 Å². The van der Waals surface area contributed by atoms with Gasteiger partial charge in [-0.05, 0) is 19.3 Å². The molecule has 0 saturated carbocycles. The predicted molar refractivity (Wildman–Crippen MR) is 77.2 cm³/mol. The summed E-state index contributed by atoms with van der Waals surface area (Å²) in [5.74, 6) is -0.244. The molecule has 0 aromatic carbocycles. The zero-order valence-electron chi connectivity index (χ0n) is 12.8. The average molecular weight is 255 g/mol. The third kappa shape index (κ3) is 6.58. The van der Waals surface area contributed by atoms with Gasteiger partial charge in [0.05, 0.1) is 5.92 Å². The Labute approximate surface area is 112 Å². The van der Waals surface area contributed by atoms with Crippen LogP contribution < -0.4 is 0 Å². The first-order chi connectivity index (χ1) is 8.66. The number of nitrogens with zero attached hydrogens (tertiary/aromatic N) is 1. The first-order valence-electron chi connectivity index (χ1n) is 7.14. The van der Waals surface area contributed by atoms with E-state index in [4.69, 9.17) is 0 Å². The summed E-state index contributed by atoms with van der Waals surface area (Å²) in [5.41, 5.74) is 0. The highest BCUT2D eigenvalue weighted by atomic mass is 16.2. The molecule has 1 rings (SSSR count). The molecular weight excluding hydrogens is 226 g/mol. The summed E-state index contributed by atoms with van der Waals surface area (Å²) in [7, 11) is 1.57. The Kier molecular flexibility index (Phi) is 13.2. The fourth-order valence-corrected chi connectivity index (χ4v) is 1.63. The van der Waals surface area contributed by atoms with Gasteiger partial charge >= 0.3 is 0 Å². The zero-order valence-corrected chi connectivity index (χ0v) is 12.8. The summed E-state index contributed by atoms with van der Waals surface area (Å²) in [6.07, 6.45) is 7.30. The Balaban J connectivity index is 0. The van der Waals surface area contributed by atoms with Crippen molar-refractivity contribution >= 4 is 11.8 Å². The van der Waals surface area contributed by atoms with Gasteiger partial charge in [0.25, 0.3) is 0 Å². The molecule has 0 heterocycles. The predicted octanol–water partition coefficient (Wildman–Crippen LogP) is 3.79. The second kappa shape index (κ2) is 12.3. The van der Waals surface area contributed by atoms with Crippen LogP contribution in [0.15, 0.2) is 12.2 Å². The molecule has 1 atom stereocenters. The second-order valence-corrected chi connectivity index (χ2v) is 3.61. The molecule has 1 unspecified atom stereocenters. The van der Waals surface area contributed by atoms with Crippen molar-refractivity contribution in [3.05, 3.63) is 12.2 Å². The molecule has 1 aliphatic carbocycles. The Hall–Kier alpha value is -1.12. The number of allylic oxidation sites excluding steroid dienone is 1. The minimum Gasteiger partial charge on any atom is -0.285 e. The lowest BCUT2D eigenvalue weighted by atomic mass is 9.95. The number of hydrogen-bond acceptors (Lipinski definition) is 2. The highest BCUT2D eigenvalue weighted by Gasteiger charge is 2.23. The molecule has 0 bridgehead atoms. The summed E-state index contributed by atoms with van der Waals surface area (Å²) in [6.45, 7) is 9.77. The zero-order chi connectivity index (χ0) is 14.6. The van der Waals surface area contributed by atoms with Gasteiger partial charge in [-0.1, -0.05) is 46.8 Å². The van der Waals surface area contributed by atoms with Crippen LogP contribution >= 0.6 is 0 Å². The van der Waals surface area contributed by atoms with Gasteiger partial charge in [-0.15, -0.1) is 0 Å². The van der Waals surface area contributed by atoms with Crippen LogP contribution in [0.4, 0.5) is 0 Å². The van der Waals surface area contributed by atoms with Crippen molar-refractivity contribution in [3.8, 4) is 0 Å².